The lowest BCUT2D eigenvalue weighted by molar-refractivity contribution is -0.135. The Morgan fingerprint density at radius 1 is 1.24 bits per heavy atom. The molecule has 2 amide bonds. The van der Waals surface area contributed by atoms with Crippen LogP contribution in [-0.4, -0.2) is 41.2 Å². The van der Waals surface area contributed by atoms with Gasteiger partial charge >= 0.3 is 0 Å². The molecule has 2 N–H and O–H groups in total. The highest BCUT2D eigenvalue weighted by atomic mass is 32.2. The van der Waals surface area contributed by atoms with Crippen LogP contribution >= 0.6 is 23.5 Å². The van der Waals surface area contributed by atoms with E-state index in [0.29, 0.717) is 13.0 Å². The number of hydrogen-bond acceptors (Lipinski definition) is 5. The Morgan fingerprint density at radius 2 is 1.92 bits per heavy atom. The molecule has 7 heteroatoms. The average Bonchev–Trinajstić information content (AvgIpc) is 2.59. The van der Waals surface area contributed by atoms with Gasteiger partial charge in [-0.3, -0.25) is 9.59 Å². The number of thioether (sulfide) groups is 2. The van der Waals surface area contributed by atoms with Gasteiger partial charge < -0.3 is 15.4 Å². The van der Waals surface area contributed by atoms with Crippen molar-refractivity contribution in [2.45, 2.75) is 30.5 Å². The molecule has 1 saturated heterocycles. The molecule has 25 heavy (non-hydrogen) atoms. The maximum Gasteiger partial charge on any atom is 0.257 e. The maximum atomic E-state index is 12.5. The summed E-state index contributed by atoms with van der Waals surface area (Å²) in [6, 6.07) is 7.62. The Labute approximate surface area is 157 Å². The highest BCUT2D eigenvalue weighted by molar-refractivity contribution is 8.01. The van der Waals surface area contributed by atoms with Gasteiger partial charge in [-0.05, 0) is 50.1 Å². The van der Waals surface area contributed by atoms with E-state index in [0.717, 1.165) is 11.3 Å². The van der Waals surface area contributed by atoms with Crippen LogP contribution in [0.25, 0.3) is 0 Å². The summed E-state index contributed by atoms with van der Waals surface area (Å²) in [4.78, 5) is 23.7. The van der Waals surface area contributed by atoms with Crippen LogP contribution in [0.1, 0.15) is 19.4 Å². The summed E-state index contributed by atoms with van der Waals surface area (Å²) in [5.74, 6) is 0.449. The van der Waals surface area contributed by atoms with Crippen LogP contribution in [0.5, 0.6) is 5.75 Å². The molecule has 1 aliphatic heterocycles. The topological polar surface area (TPSA) is 67.4 Å². The second-order valence-corrected chi connectivity index (χ2v) is 8.07. The molecule has 5 nitrogen and oxygen atoms in total. The first kappa shape index (κ1) is 19.7. The summed E-state index contributed by atoms with van der Waals surface area (Å²) in [6.45, 7) is 4.59. The summed E-state index contributed by atoms with van der Waals surface area (Å²) in [5, 5.41) is 5.15. The minimum Gasteiger partial charge on any atom is -0.490 e. The van der Waals surface area contributed by atoms with Crippen molar-refractivity contribution < 1.29 is 14.3 Å². The number of benzene rings is 1. The summed E-state index contributed by atoms with van der Waals surface area (Å²) >= 11 is 2.65. The van der Waals surface area contributed by atoms with Crippen molar-refractivity contribution in [3.05, 3.63) is 41.5 Å². The normalized spacial score (nSPS) is 22.8. The Kier molecular flexibility index (Phi) is 6.84. The minimum absolute atomic E-state index is 0.164. The third-order valence-electron chi connectivity index (χ3n) is 3.89. The zero-order valence-electron chi connectivity index (χ0n) is 14.9. The van der Waals surface area contributed by atoms with Crippen molar-refractivity contribution in [3.63, 3.8) is 0 Å². The first-order chi connectivity index (χ1) is 11.9. The Morgan fingerprint density at radius 3 is 2.48 bits per heavy atom. The van der Waals surface area contributed by atoms with Crippen LogP contribution in [0, 0.1) is 0 Å². The van der Waals surface area contributed by atoms with Gasteiger partial charge in [-0.15, -0.1) is 23.5 Å². The number of hydrogen-bond donors (Lipinski definition) is 2. The molecule has 0 bridgehead atoms. The third kappa shape index (κ3) is 4.95. The fourth-order valence-electron chi connectivity index (χ4n) is 2.42. The summed E-state index contributed by atoms with van der Waals surface area (Å²) in [7, 11) is 0. The molecule has 0 unspecified atom stereocenters. The summed E-state index contributed by atoms with van der Waals surface area (Å²) < 4.78 is 5.65. The predicted molar refractivity (Wildman–Crippen MR) is 105 cm³/mol. The van der Waals surface area contributed by atoms with E-state index in [1.54, 1.807) is 6.26 Å². The molecular formula is C18H24N2O3S2. The van der Waals surface area contributed by atoms with E-state index >= 15 is 0 Å². The van der Waals surface area contributed by atoms with E-state index in [1.165, 1.54) is 29.1 Å². The molecule has 2 atom stereocenters. The van der Waals surface area contributed by atoms with Crippen LogP contribution in [0.4, 0.5) is 0 Å². The molecule has 0 aromatic heterocycles. The zero-order chi connectivity index (χ0) is 18.4. The van der Waals surface area contributed by atoms with Gasteiger partial charge in [0, 0.05) is 6.42 Å². The van der Waals surface area contributed by atoms with Crippen LogP contribution < -0.4 is 15.4 Å². The van der Waals surface area contributed by atoms with Gasteiger partial charge in [-0.25, -0.2) is 0 Å². The van der Waals surface area contributed by atoms with Gasteiger partial charge in [0.05, 0.1) is 0 Å². The standard InChI is InChI=1S/C18H24N2O3S2/c1-12(2)9-10-23-14-7-5-13(6-8-14)11-18(25-4)17(22)19-16(24-3)15(21)20-18/h5-9,16H,10-11H2,1-4H3,(H,19,22)(H,20,21)/t16-,18-/m1/s1. The van der Waals surface area contributed by atoms with Gasteiger partial charge in [0.15, 0.2) is 10.2 Å². The Bertz CT molecular complexity index is 657. The molecule has 1 aliphatic rings. The monoisotopic (exact) mass is 380 g/mol. The van der Waals surface area contributed by atoms with Gasteiger partial charge in [-0.1, -0.05) is 17.7 Å². The number of carbonyl (C=O) groups is 2. The molecule has 1 heterocycles. The van der Waals surface area contributed by atoms with Crippen LogP contribution in [0.3, 0.4) is 0 Å². The molecule has 1 aromatic carbocycles. The van der Waals surface area contributed by atoms with Gasteiger partial charge in [0.25, 0.3) is 11.8 Å². The fraction of sp³-hybridized carbons (Fsp3) is 0.444. The lowest BCUT2D eigenvalue weighted by Crippen LogP contribution is -2.67. The van der Waals surface area contributed by atoms with E-state index in [-0.39, 0.29) is 11.8 Å². The predicted octanol–water partition coefficient (Wildman–Crippen LogP) is 2.57. The smallest absolute Gasteiger partial charge is 0.257 e. The highest BCUT2D eigenvalue weighted by Crippen LogP contribution is 2.29. The van der Waals surface area contributed by atoms with E-state index in [2.05, 4.69) is 10.6 Å². The SMILES string of the molecule is CS[C@H]1NC(=O)[C@@](Cc2ccc(OCC=C(C)C)cc2)(SC)NC1=O. The number of amides is 2. The first-order valence-electron chi connectivity index (χ1n) is 7.96. The van der Waals surface area contributed by atoms with Crippen LogP contribution in [0.15, 0.2) is 35.9 Å². The number of allylic oxidation sites excluding steroid dienone is 1. The quantitative estimate of drug-likeness (QED) is 0.712. The third-order valence-corrected chi connectivity index (χ3v) is 5.83. The number of rotatable bonds is 7. The highest BCUT2D eigenvalue weighted by Gasteiger charge is 2.46. The van der Waals surface area contributed by atoms with Crippen LogP contribution in [-0.2, 0) is 16.0 Å². The second kappa shape index (κ2) is 8.67. The molecule has 1 aromatic rings. The number of ether oxygens (including phenoxy) is 1. The van der Waals surface area contributed by atoms with Crippen molar-refractivity contribution >= 4 is 35.3 Å². The van der Waals surface area contributed by atoms with E-state index in [4.69, 9.17) is 4.74 Å². The van der Waals surface area contributed by atoms with Crippen molar-refractivity contribution in [3.8, 4) is 5.75 Å². The van der Waals surface area contributed by atoms with Crippen molar-refractivity contribution in [1.29, 1.82) is 0 Å². The number of nitrogens with one attached hydrogen (secondary N) is 2. The largest absolute Gasteiger partial charge is 0.490 e. The van der Waals surface area contributed by atoms with Crippen LogP contribution in [0.2, 0.25) is 0 Å². The summed E-state index contributed by atoms with van der Waals surface area (Å²) in [6.07, 6.45) is 6.06. The molecule has 136 valence electrons. The van der Waals surface area contributed by atoms with E-state index in [9.17, 15) is 9.59 Å². The lowest BCUT2D eigenvalue weighted by Gasteiger charge is -2.38. The molecule has 2 rings (SSSR count). The molecule has 1 fully saturated rings. The Hall–Kier alpha value is -1.60. The molecule has 0 radical (unpaired) electrons. The van der Waals surface area contributed by atoms with Gasteiger partial charge in [0.2, 0.25) is 0 Å². The molecule has 0 spiro atoms. The minimum atomic E-state index is -0.978. The summed E-state index contributed by atoms with van der Waals surface area (Å²) in [5.41, 5.74) is 2.17. The maximum absolute atomic E-state index is 12.5. The van der Waals surface area contributed by atoms with E-state index in [1.807, 2.05) is 50.4 Å². The fourth-order valence-corrected chi connectivity index (χ4v) is 3.68. The zero-order valence-corrected chi connectivity index (χ0v) is 16.6. The first-order valence-corrected chi connectivity index (χ1v) is 10.5. The molecule has 0 aliphatic carbocycles. The van der Waals surface area contributed by atoms with Gasteiger partial charge in [0.1, 0.15) is 12.4 Å². The lowest BCUT2D eigenvalue weighted by atomic mass is 10.0. The second-order valence-electron chi connectivity index (χ2n) is 6.02. The van der Waals surface area contributed by atoms with Crippen molar-refractivity contribution in [1.82, 2.24) is 10.6 Å². The average molecular weight is 381 g/mol. The van der Waals surface area contributed by atoms with Crippen molar-refractivity contribution in [2.24, 2.45) is 0 Å². The number of carbonyl (C=O) groups excluding carboxylic acids is 2. The molecular weight excluding hydrogens is 356 g/mol. The number of piperazine rings is 1. The van der Waals surface area contributed by atoms with Gasteiger partial charge in [-0.2, -0.15) is 0 Å². The van der Waals surface area contributed by atoms with Crippen molar-refractivity contribution in [2.75, 3.05) is 19.1 Å². The van der Waals surface area contributed by atoms with E-state index < -0.39 is 10.2 Å². The molecule has 0 saturated carbocycles. The Balaban J connectivity index is 2.07.